The Morgan fingerprint density at radius 2 is 2.25 bits per heavy atom. The van der Waals surface area contributed by atoms with Gasteiger partial charge in [-0.05, 0) is 40.2 Å². The zero-order chi connectivity index (χ0) is 12.3. The van der Waals surface area contributed by atoms with Gasteiger partial charge >= 0.3 is 0 Å². The van der Waals surface area contributed by atoms with Crippen molar-refractivity contribution in [3.05, 3.63) is 0 Å². The van der Waals surface area contributed by atoms with Crippen LogP contribution in [0.25, 0.3) is 0 Å². The molecule has 0 spiro atoms. The third-order valence-corrected chi connectivity index (χ3v) is 3.34. The van der Waals surface area contributed by atoms with Crippen LogP contribution in [0.15, 0.2) is 0 Å². The lowest BCUT2D eigenvalue weighted by atomic mass is 9.94. The summed E-state index contributed by atoms with van der Waals surface area (Å²) in [6, 6.07) is 0.384. The molecule has 0 aromatic rings. The van der Waals surface area contributed by atoms with Crippen molar-refractivity contribution in [2.75, 3.05) is 13.1 Å². The highest BCUT2D eigenvalue weighted by Gasteiger charge is 2.39. The van der Waals surface area contributed by atoms with Crippen molar-refractivity contribution in [1.29, 1.82) is 0 Å². The van der Waals surface area contributed by atoms with Gasteiger partial charge in [0, 0.05) is 18.1 Å². The lowest BCUT2D eigenvalue weighted by Crippen LogP contribution is -2.66. The Morgan fingerprint density at radius 3 is 2.75 bits per heavy atom. The van der Waals surface area contributed by atoms with Crippen LogP contribution in [0.3, 0.4) is 0 Å². The molecule has 0 aliphatic carbocycles. The number of nitrogens with two attached hydrogens (primary N) is 1. The standard InChI is InChI=1S/C12H25N3O/c1-5-9(2)15-8-12(3,4)14-11(16)10(15)6-7-13/h9-10H,5-8,13H2,1-4H3,(H,14,16). The van der Waals surface area contributed by atoms with Gasteiger partial charge in [-0.2, -0.15) is 0 Å². The van der Waals surface area contributed by atoms with Crippen LogP contribution in [0.4, 0.5) is 0 Å². The van der Waals surface area contributed by atoms with E-state index >= 15 is 0 Å². The van der Waals surface area contributed by atoms with Gasteiger partial charge in [-0.3, -0.25) is 9.69 Å². The molecule has 4 heteroatoms. The molecule has 0 saturated carbocycles. The smallest absolute Gasteiger partial charge is 0.237 e. The summed E-state index contributed by atoms with van der Waals surface area (Å²) in [6.45, 7) is 9.93. The maximum atomic E-state index is 12.0. The summed E-state index contributed by atoms with van der Waals surface area (Å²) in [4.78, 5) is 14.3. The molecule has 1 saturated heterocycles. The molecule has 94 valence electrons. The summed E-state index contributed by atoms with van der Waals surface area (Å²) < 4.78 is 0. The van der Waals surface area contributed by atoms with Gasteiger partial charge in [-0.1, -0.05) is 6.92 Å². The summed E-state index contributed by atoms with van der Waals surface area (Å²) in [7, 11) is 0. The number of carbonyl (C=O) groups excluding carboxylic acids is 1. The Labute approximate surface area is 98.6 Å². The van der Waals surface area contributed by atoms with Crippen LogP contribution >= 0.6 is 0 Å². The van der Waals surface area contributed by atoms with Crippen LogP contribution in [-0.2, 0) is 4.79 Å². The predicted molar refractivity (Wildman–Crippen MR) is 66.1 cm³/mol. The van der Waals surface area contributed by atoms with E-state index in [2.05, 4.69) is 37.9 Å². The summed E-state index contributed by atoms with van der Waals surface area (Å²) in [6.07, 6.45) is 1.80. The Bertz CT molecular complexity index is 253. The number of nitrogens with zero attached hydrogens (tertiary/aromatic N) is 1. The first-order valence-electron chi connectivity index (χ1n) is 6.19. The quantitative estimate of drug-likeness (QED) is 0.744. The third-order valence-electron chi connectivity index (χ3n) is 3.34. The first kappa shape index (κ1) is 13.5. The lowest BCUT2D eigenvalue weighted by molar-refractivity contribution is -0.134. The van der Waals surface area contributed by atoms with Gasteiger partial charge in [0.05, 0.1) is 6.04 Å². The highest BCUT2D eigenvalue weighted by atomic mass is 16.2. The lowest BCUT2D eigenvalue weighted by Gasteiger charge is -2.46. The van der Waals surface area contributed by atoms with Crippen LogP contribution in [-0.4, -0.2) is 41.5 Å². The number of amides is 1. The Morgan fingerprint density at radius 1 is 1.62 bits per heavy atom. The molecule has 0 aromatic heterocycles. The predicted octanol–water partition coefficient (Wildman–Crippen LogP) is 0.713. The fraction of sp³-hybridized carbons (Fsp3) is 0.917. The fourth-order valence-electron chi connectivity index (χ4n) is 2.33. The summed E-state index contributed by atoms with van der Waals surface area (Å²) in [5.74, 6) is 0.127. The third kappa shape index (κ3) is 2.95. The number of hydrogen-bond donors (Lipinski definition) is 2. The van der Waals surface area contributed by atoms with Crippen LogP contribution in [0.1, 0.15) is 40.5 Å². The molecule has 0 aromatic carbocycles. The summed E-state index contributed by atoms with van der Waals surface area (Å²) in [5, 5.41) is 3.06. The highest BCUT2D eigenvalue weighted by Crippen LogP contribution is 2.21. The number of nitrogens with one attached hydrogen (secondary N) is 1. The first-order chi connectivity index (χ1) is 7.41. The Kier molecular flexibility index (Phi) is 4.33. The molecule has 1 heterocycles. The normalized spacial score (nSPS) is 27.6. The van der Waals surface area contributed by atoms with E-state index in [1.165, 1.54) is 0 Å². The van der Waals surface area contributed by atoms with Gasteiger partial charge in [0.2, 0.25) is 5.91 Å². The van der Waals surface area contributed by atoms with Crippen molar-refractivity contribution in [2.24, 2.45) is 5.73 Å². The maximum Gasteiger partial charge on any atom is 0.237 e. The molecule has 0 radical (unpaired) electrons. The van der Waals surface area contributed by atoms with E-state index in [1.54, 1.807) is 0 Å². The molecular formula is C12H25N3O. The van der Waals surface area contributed by atoms with E-state index < -0.39 is 0 Å². The van der Waals surface area contributed by atoms with E-state index in [1.807, 2.05) is 0 Å². The van der Waals surface area contributed by atoms with Gasteiger partial charge in [-0.25, -0.2) is 0 Å². The molecule has 1 rings (SSSR count). The second-order valence-electron chi connectivity index (χ2n) is 5.40. The first-order valence-corrected chi connectivity index (χ1v) is 6.19. The van der Waals surface area contributed by atoms with Crippen molar-refractivity contribution in [3.8, 4) is 0 Å². The molecule has 0 bridgehead atoms. The van der Waals surface area contributed by atoms with Crippen molar-refractivity contribution < 1.29 is 4.79 Å². The van der Waals surface area contributed by atoms with Crippen LogP contribution in [0.5, 0.6) is 0 Å². The zero-order valence-corrected chi connectivity index (χ0v) is 10.9. The van der Waals surface area contributed by atoms with Gasteiger partial charge in [0.1, 0.15) is 0 Å². The monoisotopic (exact) mass is 227 g/mol. The SMILES string of the molecule is CCC(C)N1CC(C)(C)NC(=O)C1CCN. The highest BCUT2D eigenvalue weighted by molar-refractivity contribution is 5.83. The van der Waals surface area contributed by atoms with E-state index in [9.17, 15) is 4.79 Å². The number of carbonyl (C=O) groups is 1. The molecular weight excluding hydrogens is 202 g/mol. The zero-order valence-electron chi connectivity index (χ0n) is 10.9. The van der Waals surface area contributed by atoms with Gasteiger partial charge in [0.15, 0.2) is 0 Å². The van der Waals surface area contributed by atoms with E-state index in [0.717, 1.165) is 19.4 Å². The molecule has 1 aliphatic rings. The minimum atomic E-state index is -0.133. The van der Waals surface area contributed by atoms with Crippen LogP contribution in [0, 0.1) is 0 Å². The minimum Gasteiger partial charge on any atom is -0.349 e. The molecule has 2 atom stereocenters. The Hall–Kier alpha value is -0.610. The average molecular weight is 227 g/mol. The second kappa shape index (κ2) is 5.15. The fourth-order valence-corrected chi connectivity index (χ4v) is 2.33. The second-order valence-corrected chi connectivity index (χ2v) is 5.40. The molecule has 1 aliphatic heterocycles. The van der Waals surface area contributed by atoms with Gasteiger partial charge in [0.25, 0.3) is 0 Å². The van der Waals surface area contributed by atoms with Crippen molar-refractivity contribution in [3.63, 3.8) is 0 Å². The van der Waals surface area contributed by atoms with E-state index in [-0.39, 0.29) is 17.5 Å². The van der Waals surface area contributed by atoms with Crippen LogP contribution in [0.2, 0.25) is 0 Å². The molecule has 4 nitrogen and oxygen atoms in total. The molecule has 2 unspecified atom stereocenters. The van der Waals surface area contributed by atoms with Crippen molar-refractivity contribution >= 4 is 5.91 Å². The van der Waals surface area contributed by atoms with Crippen LogP contribution < -0.4 is 11.1 Å². The summed E-state index contributed by atoms with van der Waals surface area (Å²) in [5.41, 5.74) is 5.45. The van der Waals surface area contributed by atoms with Gasteiger partial charge < -0.3 is 11.1 Å². The molecule has 1 fully saturated rings. The minimum absolute atomic E-state index is 0.0482. The number of hydrogen-bond acceptors (Lipinski definition) is 3. The maximum absolute atomic E-state index is 12.0. The molecule has 16 heavy (non-hydrogen) atoms. The topological polar surface area (TPSA) is 58.4 Å². The largest absolute Gasteiger partial charge is 0.349 e. The van der Waals surface area contributed by atoms with Crippen molar-refractivity contribution in [2.45, 2.75) is 58.2 Å². The van der Waals surface area contributed by atoms with E-state index in [4.69, 9.17) is 5.73 Å². The van der Waals surface area contributed by atoms with Gasteiger partial charge in [-0.15, -0.1) is 0 Å². The molecule has 1 amide bonds. The Balaban J connectivity index is 2.83. The molecule has 3 N–H and O–H groups in total. The summed E-state index contributed by atoms with van der Waals surface area (Å²) >= 11 is 0. The number of rotatable bonds is 4. The average Bonchev–Trinajstić information content (AvgIpc) is 2.19. The van der Waals surface area contributed by atoms with Crippen molar-refractivity contribution in [1.82, 2.24) is 10.2 Å². The van der Waals surface area contributed by atoms with E-state index in [0.29, 0.717) is 12.6 Å². The number of piperazine rings is 1.